The molecule has 2 aromatic rings. The third-order valence-corrected chi connectivity index (χ3v) is 2.21. The van der Waals surface area contributed by atoms with E-state index in [9.17, 15) is 4.79 Å². The molecule has 0 spiro atoms. The highest BCUT2D eigenvalue weighted by Crippen LogP contribution is 2.13. The number of ether oxygens (including phenoxy) is 1. The summed E-state index contributed by atoms with van der Waals surface area (Å²) < 4.78 is 5.33. The van der Waals surface area contributed by atoms with Crippen molar-refractivity contribution in [3.63, 3.8) is 0 Å². The first-order valence-corrected chi connectivity index (χ1v) is 5.44. The van der Waals surface area contributed by atoms with E-state index in [1.807, 2.05) is 0 Å². The van der Waals surface area contributed by atoms with E-state index in [4.69, 9.17) is 4.74 Å². The highest BCUT2D eigenvalue weighted by Gasteiger charge is 2.06. The molecule has 0 radical (unpaired) electrons. The Morgan fingerprint density at radius 2 is 2.22 bits per heavy atom. The van der Waals surface area contributed by atoms with Crippen LogP contribution in [-0.4, -0.2) is 22.5 Å². The number of hydrogen-bond acceptors (Lipinski definition) is 3. The zero-order valence-corrected chi connectivity index (χ0v) is 9.72. The van der Waals surface area contributed by atoms with Gasteiger partial charge in [0.15, 0.2) is 0 Å². The van der Waals surface area contributed by atoms with E-state index in [1.165, 1.54) is 0 Å². The number of carbonyl (C=O) groups excluding carboxylic acids is 1. The maximum Gasteiger partial charge on any atom is 0.257 e. The van der Waals surface area contributed by atoms with Gasteiger partial charge in [0, 0.05) is 18.0 Å². The van der Waals surface area contributed by atoms with Crippen LogP contribution in [0.3, 0.4) is 0 Å². The first-order valence-electron chi connectivity index (χ1n) is 5.44. The van der Waals surface area contributed by atoms with Crippen LogP contribution in [0.4, 0.5) is 5.95 Å². The molecule has 0 unspecified atom stereocenters. The van der Waals surface area contributed by atoms with Gasteiger partial charge in [-0.15, -0.1) is 0 Å². The quantitative estimate of drug-likeness (QED) is 0.791. The van der Waals surface area contributed by atoms with Gasteiger partial charge in [0.05, 0.1) is 0 Å². The predicted molar refractivity (Wildman–Crippen MR) is 68.7 cm³/mol. The summed E-state index contributed by atoms with van der Waals surface area (Å²) in [5.41, 5.74) is 0.539. The summed E-state index contributed by atoms with van der Waals surface area (Å²) in [6.07, 6.45) is 4.88. The maximum atomic E-state index is 11.8. The van der Waals surface area contributed by atoms with Crippen LogP contribution >= 0.6 is 0 Å². The van der Waals surface area contributed by atoms with Gasteiger partial charge < -0.3 is 9.72 Å². The maximum absolute atomic E-state index is 11.8. The fourth-order valence-corrected chi connectivity index (χ4v) is 1.37. The molecule has 1 aromatic heterocycles. The molecule has 0 atom stereocenters. The average molecular weight is 243 g/mol. The number of nitrogens with one attached hydrogen (secondary N) is 2. The van der Waals surface area contributed by atoms with Crippen molar-refractivity contribution < 1.29 is 9.53 Å². The van der Waals surface area contributed by atoms with E-state index in [0.717, 1.165) is 0 Å². The Hall–Kier alpha value is -2.56. The molecule has 5 heteroatoms. The van der Waals surface area contributed by atoms with Gasteiger partial charge in [-0.05, 0) is 24.3 Å². The smallest absolute Gasteiger partial charge is 0.257 e. The Labute approximate surface area is 105 Å². The number of carbonyl (C=O) groups is 1. The molecule has 92 valence electrons. The summed E-state index contributed by atoms with van der Waals surface area (Å²) in [6.45, 7) is 4.01. The fourth-order valence-electron chi connectivity index (χ4n) is 1.37. The molecule has 1 aromatic carbocycles. The Morgan fingerprint density at radius 3 is 2.83 bits per heavy atom. The number of aromatic nitrogens is 2. The molecule has 5 nitrogen and oxygen atoms in total. The number of hydrogen-bond donors (Lipinski definition) is 2. The lowest BCUT2D eigenvalue weighted by Gasteiger charge is -2.05. The Morgan fingerprint density at radius 1 is 1.44 bits per heavy atom. The first-order chi connectivity index (χ1) is 8.79. The van der Waals surface area contributed by atoms with Crippen LogP contribution in [0.15, 0.2) is 49.3 Å². The summed E-state index contributed by atoms with van der Waals surface area (Å²) in [5.74, 6) is 0.900. The number of rotatable bonds is 5. The summed E-state index contributed by atoms with van der Waals surface area (Å²) >= 11 is 0. The van der Waals surface area contributed by atoms with E-state index in [-0.39, 0.29) is 5.91 Å². The van der Waals surface area contributed by atoms with Gasteiger partial charge >= 0.3 is 0 Å². The van der Waals surface area contributed by atoms with Gasteiger partial charge in [-0.25, -0.2) is 4.98 Å². The van der Waals surface area contributed by atoms with Crippen LogP contribution in [0.25, 0.3) is 0 Å². The molecule has 0 saturated carbocycles. The van der Waals surface area contributed by atoms with E-state index in [1.54, 1.807) is 42.7 Å². The molecule has 0 aliphatic rings. The summed E-state index contributed by atoms with van der Waals surface area (Å²) in [6, 6.07) is 6.86. The van der Waals surface area contributed by atoms with Crippen LogP contribution in [0, 0.1) is 0 Å². The van der Waals surface area contributed by atoms with Gasteiger partial charge in [-0.3, -0.25) is 10.1 Å². The predicted octanol–water partition coefficient (Wildman–Crippen LogP) is 2.23. The highest BCUT2D eigenvalue weighted by molar-refractivity contribution is 6.03. The number of aromatic amines is 1. The van der Waals surface area contributed by atoms with Gasteiger partial charge in [-0.2, -0.15) is 0 Å². The van der Waals surface area contributed by atoms with Crippen molar-refractivity contribution in [3.8, 4) is 5.75 Å². The van der Waals surface area contributed by atoms with Gasteiger partial charge in [-0.1, -0.05) is 12.7 Å². The van der Waals surface area contributed by atoms with Crippen molar-refractivity contribution in [2.24, 2.45) is 0 Å². The first kappa shape index (κ1) is 11.9. The highest BCUT2D eigenvalue weighted by atomic mass is 16.5. The molecule has 1 amide bonds. The van der Waals surface area contributed by atoms with Crippen LogP contribution in [0.2, 0.25) is 0 Å². The molecule has 2 rings (SSSR count). The third kappa shape index (κ3) is 2.98. The second-order valence-corrected chi connectivity index (χ2v) is 3.52. The lowest BCUT2D eigenvalue weighted by molar-refractivity contribution is 0.102. The molecular weight excluding hydrogens is 230 g/mol. The molecule has 0 fully saturated rings. The number of benzene rings is 1. The van der Waals surface area contributed by atoms with E-state index in [2.05, 4.69) is 21.9 Å². The Bertz CT molecular complexity index is 518. The standard InChI is InChI=1S/C13H13N3O2/c1-2-9-18-11-5-3-10(4-6-11)12(17)16-13-14-7-8-15-13/h2-8H,1,9H2,(H2,14,15,16,17). The van der Waals surface area contributed by atoms with Crippen LogP contribution < -0.4 is 10.1 Å². The molecule has 2 N–H and O–H groups in total. The molecule has 0 aliphatic carbocycles. The minimum Gasteiger partial charge on any atom is -0.490 e. The van der Waals surface area contributed by atoms with Crippen molar-refractivity contribution in [2.45, 2.75) is 0 Å². The fraction of sp³-hybridized carbons (Fsp3) is 0.0769. The third-order valence-electron chi connectivity index (χ3n) is 2.21. The molecule has 0 saturated heterocycles. The number of imidazole rings is 1. The minimum absolute atomic E-state index is 0.222. The second kappa shape index (κ2) is 5.67. The van der Waals surface area contributed by atoms with Crippen molar-refractivity contribution >= 4 is 11.9 Å². The monoisotopic (exact) mass is 243 g/mol. The average Bonchev–Trinajstić information content (AvgIpc) is 2.89. The number of amides is 1. The largest absolute Gasteiger partial charge is 0.490 e. The molecule has 18 heavy (non-hydrogen) atoms. The SMILES string of the molecule is C=CCOc1ccc(C(=O)Nc2ncc[nH]2)cc1. The topological polar surface area (TPSA) is 67.0 Å². The number of anilines is 1. The summed E-state index contributed by atoms with van der Waals surface area (Å²) in [5, 5.41) is 2.64. The minimum atomic E-state index is -0.222. The van der Waals surface area contributed by atoms with Gasteiger partial charge in [0.1, 0.15) is 12.4 Å². The van der Waals surface area contributed by atoms with Crippen molar-refractivity contribution in [2.75, 3.05) is 11.9 Å². The van der Waals surface area contributed by atoms with Crippen LogP contribution in [0.1, 0.15) is 10.4 Å². The van der Waals surface area contributed by atoms with Crippen molar-refractivity contribution in [1.82, 2.24) is 9.97 Å². The Kier molecular flexibility index (Phi) is 3.76. The van der Waals surface area contributed by atoms with Gasteiger partial charge in [0.25, 0.3) is 5.91 Å². The molecular formula is C13H13N3O2. The van der Waals surface area contributed by atoms with E-state index in [0.29, 0.717) is 23.9 Å². The van der Waals surface area contributed by atoms with Crippen LogP contribution in [-0.2, 0) is 0 Å². The molecule has 0 aliphatic heterocycles. The molecule has 1 heterocycles. The zero-order chi connectivity index (χ0) is 12.8. The summed E-state index contributed by atoms with van der Waals surface area (Å²) in [4.78, 5) is 18.5. The van der Waals surface area contributed by atoms with Crippen molar-refractivity contribution in [1.29, 1.82) is 0 Å². The lowest BCUT2D eigenvalue weighted by Crippen LogP contribution is -2.12. The lowest BCUT2D eigenvalue weighted by atomic mass is 10.2. The second-order valence-electron chi connectivity index (χ2n) is 3.52. The van der Waals surface area contributed by atoms with Crippen LogP contribution in [0.5, 0.6) is 5.75 Å². The number of H-pyrrole nitrogens is 1. The van der Waals surface area contributed by atoms with E-state index >= 15 is 0 Å². The van der Waals surface area contributed by atoms with Gasteiger partial charge in [0.2, 0.25) is 5.95 Å². The van der Waals surface area contributed by atoms with E-state index < -0.39 is 0 Å². The Balaban J connectivity index is 2.00. The normalized spacial score (nSPS) is 9.78. The summed E-state index contributed by atoms with van der Waals surface area (Å²) in [7, 11) is 0. The molecule has 0 bridgehead atoms. The number of nitrogens with zero attached hydrogens (tertiary/aromatic N) is 1. The van der Waals surface area contributed by atoms with Crippen molar-refractivity contribution in [3.05, 3.63) is 54.9 Å². The zero-order valence-electron chi connectivity index (χ0n) is 9.72.